The zero-order valence-corrected chi connectivity index (χ0v) is 12.2. The van der Waals surface area contributed by atoms with Crippen molar-refractivity contribution in [2.45, 2.75) is 13.3 Å². The molecule has 0 saturated carbocycles. The first-order chi connectivity index (χ1) is 10.3. The summed E-state index contributed by atoms with van der Waals surface area (Å²) in [5.41, 5.74) is 3.10. The van der Waals surface area contributed by atoms with Crippen LogP contribution in [0.25, 0.3) is 21.8 Å². The second-order valence-electron chi connectivity index (χ2n) is 4.81. The molecule has 0 spiro atoms. The van der Waals surface area contributed by atoms with Gasteiger partial charge in [0.15, 0.2) is 0 Å². The molecule has 0 N–H and O–H groups in total. The van der Waals surface area contributed by atoms with E-state index in [2.05, 4.69) is 27.8 Å². The maximum absolute atomic E-state index is 5.37. The molecule has 0 bridgehead atoms. The highest BCUT2D eigenvalue weighted by molar-refractivity contribution is 6.07. The van der Waals surface area contributed by atoms with Gasteiger partial charge < -0.3 is 18.8 Å². The van der Waals surface area contributed by atoms with Gasteiger partial charge in [-0.25, -0.2) is 0 Å². The first-order valence-electron chi connectivity index (χ1n) is 6.76. The van der Waals surface area contributed by atoms with Crippen LogP contribution in [-0.2, 0) is 27.5 Å². The molecule has 0 atom stereocenters. The summed E-state index contributed by atoms with van der Waals surface area (Å²) in [7, 11) is 3.30. The Bertz CT molecular complexity index is 752. The van der Waals surface area contributed by atoms with Crippen molar-refractivity contribution in [1.29, 1.82) is 0 Å². The van der Waals surface area contributed by atoms with E-state index in [1.807, 2.05) is 18.3 Å². The molecule has 0 aliphatic rings. The van der Waals surface area contributed by atoms with Gasteiger partial charge in [-0.3, -0.25) is 4.98 Å². The van der Waals surface area contributed by atoms with E-state index in [0.717, 1.165) is 22.1 Å². The molecule has 5 nitrogen and oxygen atoms in total. The Hall–Kier alpha value is -1.95. The van der Waals surface area contributed by atoms with Crippen molar-refractivity contribution >= 4 is 21.8 Å². The SMILES string of the molecule is COCOCc1cc2c3ccccc3n(COC)c2cn1. The minimum absolute atomic E-state index is 0.269. The fraction of sp³-hybridized carbons (Fsp3) is 0.312. The van der Waals surface area contributed by atoms with Crippen molar-refractivity contribution in [3.8, 4) is 0 Å². The smallest absolute Gasteiger partial charge is 0.146 e. The third-order valence-electron chi connectivity index (χ3n) is 3.42. The average Bonchev–Trinajstić information content (AvgIpc) is 2.82. The summed E-state index contributed by atoms with van der Waals surface area (Å²) in [5.74, 6) is 0. The highest BCUT2D eigenvalue weighted by Gasteiger charge is 2.11. The second-order valence-corrected chi connectivity index (χ2v) is 4.81. The molecule has 0 unspecified atom stereocenters. The Balaban J connectivity index is 2.09. The van der Waals surface area contributed by atoms with Crippen molar-refractivity contribution in [3.63, 3.8) is 0 Å². The average molecular weight is 286 g/mol. The topological polar surface area (TPSA) is 45.5 Å². The molecule has 5 heteroatoms. The summed E-state index contributed by atoms with van der Waals surface area (Å²) in [4.78, 5) is 4.46. The summed E-state index contributed by atoms with van der Waals surface area (Å²) in [6, 6.07) is 10.3. The molecule has 2 aromatic heterocycles. The first kappa shape index (κ1) is 14.0. The number of para-hydroxylation sites is 1. The highest BCUT2D eigenvalue weighted by Crippen LogP contribution is 2.29. The fourth-order valence-corrected chi connectivity index (χ4v) is 2.57. The Labute approximate surface area is 123 Å². The molecule has 0 saturated heterocycles. The Morgan fingerprint density at radius 3 is 2.71 bits per heavy atom. The number of hydrogen-bond acceptors (Lipinski definition) is 4. The zero-order valence-electron chi connectivity index (χ0n) is 12.2. The lowest BCUT2D eigenvalue weighted by Gasteiger charge is -2.06. The van der Waals surface area contributed by atoms with E-state index in [1.54, 1.807) is 14.2 Å². The van der Waals surface area contributed by atoms with Crippen LogP contribution in [0.1, 0.15) is 5.69 Å². The molecule has 0 amide bonds. The molecule has 3 aromatic rings. The maximum atomic E-state index is 5.37. The highest BCUT2D eigenvalue weighted by atomic mass is 16.7. The summed E-state index contributed by atoms with van der Waals surface area (Å²) < 4.78 is 17.7. The predicted molar refractivity (Wildman–Crippen MR) is 80.9 cm³/mol. The monoisotopic (exact) mass is 286 g/mol. The van der Waals surface area contributed by atoms with Gasteiger partial charge >= 0.3 is 0 Å². The predicted octanol–water partition coefficient (Wildman–Crippen LogP) is 2.91. The van der Waals surface area contributed by atoms with Crippen LogP contribution < -0.4 is 0 Å². The molecular formula is C16H18N2O3. The van der Waals surface area contributed by atoms with E-state index >= 15 is 0 Å². The third-order valence-corrected chi connectivity index (χ3v) is 3.42. The van der Waals surface area contributed by atoms with Crippen molar-refractivity contribution in [2.75, 3.05) is 21.0 Å². The van der Waals surface area contributed by atoms with Crippen LogP contribution in [0, 0.1) is 0 Å². The van der Waals surface area contributed by atoms with Gasteiger partial charge in [0, 0.05) is 25.0 Å². The number of methoxy groups -OCH3 is 2. The second kappa shape index (κ2) is 6.22. The van der Waals surface area contributed by atoms with E-state index in [4.69, 9.17) is 14.2 Å². The van der Waals surface area contributed by atoms with Crippen LogP contribution in [0.2, 0.25) is 0 Å². The molecule has 21 heavy (non-hydrogen) atoms. The maximum Gasteiger partial charge on any atom is 0.146 e. The van der Waals surface area contributed by atoms with E-state index in [0.29, 0.717) is 13.3 Å². The number of ether oxygens (including phenoxy) is 3. The molecule has 0 aliphatic heterocycles. The van der Waals surface area contributed by atoms with Crippen LogP contribution in [0.3, 0.4) is 0 Å². The van der Waals surface area contributed by atoms with Gasteiger partial charge in [-0.05, 0) is 12.1 Å². The van der Waals surface area contributed by atoms with Crippen LogP contribution in [0.5, 0.6) is 0 Å². The van der Waals surface area contributed by atoms with Crippen molar-refractivity contribution in [3.05, 3.63) is 42.2 Å². The van der Waals surface area contributed by atoms with Gasteiger partial charge in [0.2, 0.25) is 0 Å². The number of pyridine rings is 1. The van der Waals surface area contributed by atoms with Crippen molar-refractivity contribution in [2.24, 2.45) is 0 Å². The summed E-state index contributed by atoms with van der Waals surface area (Å²) in [5, 5.41) is 2.36. The van der Waals surface area contributed by atoms with Gasteiger partial charge in [-0.15, -0.1) is 0 Å². The molecule has 1 aromatic carbocycles. The molecule has 110 valence electrons. The number of benzene rings is 1. The standard InChI is InChI=1S/C16H18N2O3/c1-19-10-18-15-6-4-3-5-13(15)14-7-12(9-21-11-20-2)17-8-16(14)18/h3-8H,9-11H2,1-2H3. The number of hydrogen-bond donors (Lipinski definition) is 0. The molecule has 0 radical (unpaired) electrons. The van der Waals surface area contributed by atoms with Crippen LogP contribution in [0.15, 0.2) is 36.5 Å². The van der Waals surface area contributed by atoms with E-state index < -0.39 is 0 Å². The lowest BCUT2D eigenvalue weighted by atomic mass is 10.2. The van der Waals surface area contributed by atoms with Gasteiger partial charge in [-0.1, -0.05) is 18.2 Å². The normalized spacial score (nSPS) is 11.5. The molecule has 0 fully saturated rings. The number of rotatable bonds is 6. The molecule has 3 rings (SSSR count). The van der Waals surface area contributed by atoms with Crippen molar-refractivity contribution in [1.82, 2.24) is 9.55 Å². The quantitative estimate of drug-likeness (QED) is 0.516. The molecule has 0 aliphatic carbocycles. The lowest BCUT2D eigenvalue weighted by molar-refractivity contribution is -0.0400. The largest absolute Gasteiger partial charge is 0.364 e. The molecular weight excluding hydrogens is 268 g/mol. The summed E-state index contributed by atoms with van der Waals surface area (Å²) >= 11 is 0. The number of aromatic nitrogens is 2. The van der Waals surface area contributed by atoms with Gasteiger partial charge in [0.25, 0.3) is 0 Å². The fourth-order valence-electron chi connectivity index (χ4n) is 2.57. The summed E-state index contributed by atoms with van der Waals surface area (Å²) in [6.07, 6.45) is 1.87. The molecule has 2 heterocycles. The lowest BCUT2D eigenvalue weighted by Crippen LogP contribution is -2.01. The van der Waals surface area contributed by atoms with E-state index in [9.17, 15) is 0 Å². The summed E-state index contributed by atoms with van der Waals surface area (Å²) in [6.45, 7) is 1.21. The Morgan fingerprint density at radius 1 is 1.05 bits per heavy atom. The Kier molecular flexibility index (Phi) is 4.15. The minimum Gasteiger partial charge on any atom is -0.364 e. The van der Waals surface area contributed by atoms with Gasteiger partial charge in [-0.2, -0.15) is 0 Å². The number of fused-ring (bicyclic) bond motifs is 3. The van der Waals surface area contributed by atoms with Crippen LogP contribution in [0.4, 0.5) is 0 Å². The third kappa shape index (κ3) is 2.63. The van der Waals surface area contributed by atoms with E-state index in [1.165, 1.54) is 5.39 Å². The van der Waals surface area contributed by atoms with Crippen LogP contribution in [-0.4, -0.2) is 30.6 Å². The van der Waals surface area contributed by atoms with E-state index in [-0.39, 0.29) is 6.79 Å². The van der Waals surface area contributed by atoms with Crippen molar-refractivity contribution < 1.29 is 14.2 Å². The van der Waals surface area contributed by atoms with Crippen LogP contribution >= 0.6 is 0 Å². The van der Waals surface area contributed by atoms with Gasteiger partial charge in [0.1, 0.15) is 13.5 Å². The van der Waals surface area contributed by atoms with Gasteiger partial charge in [0.05, 0.1) is 29.5 Å². The first-order valence-corrected chi connectivity index (χ1v) is 6.76. The number of nitrogens with zero attached hydrogens (tertiary/aromatic N) is 2. The Morgan fingerprint density at radius 2 is 1.90 bits per heavy atom. The minimum atomic E-state index is 0.269. The zero-order chi connectivity index (χ0) is 14.7.